The highest BCUT2D eigenvalue weighted by Crippen LogP contribution is 2.22. The minimum absolute atomic E-state index is 0.270. The third kappa shape index (κ3) is 4.29. The first-order valence-corrected chi connectivity index (χ1v) is 9.45. The van der Waals surface area contributed by atoms with Crippen LogP contribution >= 0.6 is 0 Å². The van der Waals surface area contributed by atoms with Gasteiger partial charge in [-0.3, -0.25) is 4.90 Å². The Kier molecular flexibility index (Phi) is 5.97. The van der Waals surface area contributed by atoms with E-state index in [2.05, 4.69) is 23.5 Å². The van der Waals surface area contributed by atoms with Crippen molar-refractivity contribution < 1.29 is 8.42 Å². The fraction of sp³-hybridized carbons (Fsp3) is 0.625. The summed E-state index contributed by atoms with van der Waals surface area (Å²) < 4.78 is 27.6. The predicted molar refractivity (Wildman–Crippen MR) is 89.1 cm³/mol. The van der Waals surface area contributed by atoms with Crippen molar-refractivity contribution in [1.82, 2.24) is 9.62 Å². The number of hydrogen-bond acceptors (Lipinski definition) is 4. The average molecular weight is 325 g/mol. The van der Waals surface area contributed by atoms with Gasteiger partial charge >= 0.3 is 0 Å². The van der Waals surface area contributed by atoms with E-state index in [1.807, 2.05) is 0 Å². The normalized spacial score (nSPS) is 25.0. The minimum atomic E-state index is -3.51. The largest absolute Gasteiger partial charge is 0.329 e. The van der Waals surface area contributed by atoms with Crippen LogP contribution in [0.1, 0.15) is 33.1 Å². The fourth-order valence-corrected chi connectivity index (χ4v) is 4.40. The Balaban J connectivity index is 2.06. The lowest BCUT2D eigenvalue weighted by Crippen LogP contribution is -2.53. The first-order chi connectivity index (χ1) is 10.4. The van der Waals surface area contributed by atoms with Crippen molar-refractivity contribution in [2.75, 3.05) is 13.1 Å². The van der Waals surface area contributed by atoms with E-state index in [4.69, 9.17) is 5.73 Å². The summed E-state index contributed by atoms with van der Waals surface area (Å²) in [5, 5.41) is 0. The van der Waals surface area contributed by atoms with Crippen molar-refractivity contribution >= 4 is 10.0 Å². The van der Waals surface area contributed by atoms with E-state index in [1.54, 1.807) is 30.3 Å². The van der Waals surface area contributed by atoms with Gasteiger partial charge in [0, 0.05) is 31.2 Å². The Bertz CT molecular complexity index is 552. The van der Waals surface area contributed by atoms with Crippen LogP contribution in [0.5, 0.6) is 0 Å². The molecule has 0 spiro atoms. The zero-order valence-corrected chi connectivity index (χ0v) is 14.2. The van der Waals surface area contributed by atoms with Gasteiger partial charge in [0.2, 0.25) is 10.0 Å². The molecule has 5 nitrogen and oxygen atoms in total. The van der Waals surface area contributed by atoms with Crippen LogP contribution in [0.2, 0.25) is 0 Å². The molecule has 3 atom stereocenters. The number of nitrogens with two attached hydrogens (primary N) is 1. The number of likely N-dealkylation sites (tertiary alicyclic amines) is 1. The summed E-state index contributed by atoms with van der Waals surface area (Å²) >= 11 is 0. The molecule has 1 aromatic carbocycles. The Hall–Kier alpha value is -0.950. The Morgan fingerprint density at radius 2 is 1.82 bits per heavy atom. The third-order valence-electron chi connectivity index (χ3n) is 4.47. The van der Waals surface area contributed by atoms with Crippen LogP contribution in [0, 0.1) is 0 Å². The predicted octanol–water partition coefficient (Wildman–Crippen LogP) is 1.56. The zero-order valence-electron chi connectivity index (χ0n) is 13.4. The quantitative estimate of drug-likeness (QED) is 0.832. The lowest BCUT2D eigenvalue weighted by Gasteiger charge is -2.40. The minimum Gasteiger partial charge on any atom is -0.329 e. The summed E-state index contributed by atoms with van der Waals surface area (Å²) in [6.07, 6.45) is 3.56. The van der Waals surface area contributed by atoms with Gasteiger partial charge in [-0.2, -0.15) is 0 Å². The van der Waals surface area contributed by atoms with Crippen molar-refractivity contribution in [2.24, 2.45) is 5.73 Å². The smallest absolute Gasteiger partial charge is 0.240 e. The summed E-state index contributed by atoms with van der Waals surface area (Å²) in [4.78, 5) is 2.65. The summed E-state index contributed by atoms with van der Waals surface area (Å²) in [5.74, 6) is 0. The van der Waals surface area contributed by atoms with Crippen LogP contribution in [0.4, 0.5) is 0 Å². The molecule has 1 aliphatic heterocycles. The Labute approximate surface area is 133 Å². The fourth-order valence-electron chi connectivity index (χ4n) is 3.14. The van der Waals surface area contributed by atoms with E-state index in [0.29, 0.717) is 25.2 Å². The standard InChI is InChI=1S/C16H27N3O2S/c1-13-7-6-8-14(2)19(13)12-15(11-17)18-22(20,21)16-9-4-3-5-10-16/h3-5,9-10,13-15,18H,6-8,11-12,17H2,1-2H3/t13-,14+,15-/m1/s1. The topological polar surface area (TPSA) is 75.4 Å². The number of nitrogens with zero attached hydrogens (tertiary/aromatic N) is 1. The van der Waals surface area contributed by atoms with E-state index >= 15 is 0 Å². The average Bonchev–Trinajstić information content (AvgIpc) is 2.50. The number of benzene rings is 1. The number of nitrogens with one attached hydrogen (secondary N) is 1. The van der Waals surface area contributed by atoms with Gasteiger partial charge in [-0.25, -0.2) is 13.1 Å². The van der Waals surface area contributed by atoms with Gasteiger partial charge in [0.05, 0.1) is 4.90 Å². The maximum Gasteiger partial charge on any atom is 0.240 e. The summed E-state index contributed by atoms with van der Waals surface area (Å²) in [5.41, 5.74) is 5.81. The van der Waals surface area contributed by atoms with Crippen molar-refractivity contribution in [3.05, 3.63) is 30.3 Å². The van der Waals surface area contributed by atoms with Crippen LogP contribution in [0.25, 0.3) is 0 Å². The van der Waals surface area contributed by atoms with E-state index in [1.165, 1.54) is 6.42 Å². The molecule has 0 bridgehead atoms. The van der Waals surface area contributed by atoms with E-state index in [0.717, 1.165) is 12.8 Å². The molecule has 0 radical (unpaired) electrons. The van der Waals surface area contributed by atoms with Gasteiger partial charge in [-0.1, -0.05) is 24.6 Å². The SMILES string of the molecule is C[C@@H]1CCC[C@H](C)N1C[C@@H](CN)NS(=O)(=O)c1ccccc1. The van der Waals surface area contributed by atoms with Crippen molar-refractivity contribution in [2.45, 2.75) is 56.1 Å². The van der Waals surface area contributed by atoms with Crippen LogP contribution < -0.4 is 10.5 Å². The molecular weight excluding hydrogens is 298 g/mol. The van der Waals surface area contributed by atoms with Crippen molar-refractivity contribution in [1.29, 1.82) is 0 Å². The molecule has 1 saturated heterocycles. The van der Waals surface area contributed by atoms with Crippen molar-refractivity contribution in [3.63, 3.8) is 0 Å². The summed E-state index contributed by atoms with van der Waals surface area (Å²) in [7, 11) is -3.51. The number of hydrogen-bond donors (Lipinski definition) is 2. The van der Waals surface area contributed by atoms with Gasteiger partial charge in [-0.05, 0) is 38.8 Å². The molecule has 1 aliphatic rings. The van der Waals surface area contributed by atoms with Gasteiger partial charge in [0.25, 0.3) is 0 Å². The summed E-state index contributed by atoms with van der Waals surface area (Å²) in [6, 6.07) is 9.12. The highest BCUT2D eigenvalue weighted by atomic mass is 32.2. The van der Waals surface area contributed by atoms with Crippen LogP contribution in [0.15, 0.2) is 35.2 Å². The highest BCUT2D eigenvalue weighted by Gasteiger charge is 2.28. The van der Waals surface area contributed by atoms with Crippen molar-refractivity contribution in [3.8, 4) is 0 Å². The van der Waals surface area contributed by atoms with Gasteiger partial charge in [-0.15, -0.1) is 0 Å². The maximum atomic E-state index is 12.4. The second kappa shape index (κ2) is 7.55. The van der Waals surface area contributed by atoms with Crippen LogP contribution in [0.3, 0.4) is 0 Å². The molecular formula is C16H27N3O2S. The molecule has 1 heterocycles. The monoisotopic (exact) mass is 325 g/mol. The molecule has 0 unspecified atom stereocenters. The number of sulfonamides is 1. The van der Waals surface area contributed by atoms with Gasteiger partial charge in [0.1, 0.15) is 0 Å². The number of piperidine rings is 1. The Morgan fingerprint density at radius 1 is 1.23 bits per heavy atom. The molecule has 22 heavy (non-hydrogen) atoms. The van der Waals surface area contributed by atoms with Gasteiger partial charge in [0.15, 0.2) is 0 Å². The van der Waals surface area contributed by atoms with Crippen LogP contribution in [-0.2, 0) is 10.0 Å². The first-order valence-electron chi connectivity index (χ1n) is 7.97. The molecule has 1 fully saturated rings. The van der Waals surface area contributed by atoms with E-state index < -0.39 is 10.0 Å². The van der Waals surface area contributed by atoms with E-state index in [9.17, 15) is 8.42 Å². The molecule has 3 N–H and O–H groups in total. The highest BCUT2D eigenvalue weighted by molar-refractivity contribution is 7.89. The number of rotatable bonds is 6. The molecule has 1 aromatic rings. The second-order valence-electron chi connectivity index (χ2n) is 6.19. The lowest BCUT2D eigenvalue weighted by molar-refractivity contribution is 0.0950. The molecule has 0 amide bonds. The zero-order chi connectivity index (χ0) is 16.2. The molecule has 0 aliphatic carbocycles. The second-order valence-corrected chi connectivity index (χ2v) is 7.91. The third-order valence-corrected chi connectivity index (χ3v) is 6.00. The summed E-state index contributed by atoms with van der Waals surface area (Å²) in [6.45, 7) is 5.36. The molecule has 2 rings (SSSR count). The Morgan fingerprint density at radius 3 is 2.36 bits per heavy atom. The molecule has 6 heteroatoms. The maximum absolute atomic E-state index is 12.4. The van der Waals surface area contributed by atoms with Crippen LogP contribution in [-0.4, -0.2) is 44.5 Å². The lowest BCUT2D eigenvalue weighted by atomic mass is 9.97. The molecule has 0 saturated carbocycles. The van der Waals surface area contributed by atoms with Gasteiger partial charge < -0.3 is 5.73 Å². The first kappa shape index (κ1) is 17.4. The van der Waals surface area contributed by atoms with E-state index in [-0.39, 0.29) is 10.9 Å². The molecule has 124 valence electrons. The molecule has 0 aromatic heterocycles.